The topological polar surface area (TPSA) is 116 Å². The second-order valence-electron chi connectivity index (χ2n) is 9.84. The first kappa shape index (κ1) is 25.5. The van der Waals surface area contributed by atoms with Gasteiger partial charge in [0.05, 0.1) is 5.41 Å². The number of halogens is 2. The second-order valence-corrected chi connectivity index (χ2v) is 9.84. The molecule has 9 heteroatoms. The number of carbonyl (C=O) groups is 2. The number of fused-ring (bicyclic) bond motifs is 1. The SMILES string of the molecule is N[C@@H](C[C@]1(c2c(F)cccc2F)C=Nc2c(O)ccc(-c3ccc(N4CCC(C=O)CC4)cc3)c21)C(=O)O. The number of carboxylic acids is 1. The summed E-state index contributed by atoms with van der Waals surface area (Å²) in [5, 5.41) is 20.2. The molecule has 3 aromatic carbocycles. The zero-order valence-corrected chi connectivity index (χ0v) is 20.5. The van der Waals surface area contributed by atoms with Gasteiger partial charge in [0.15, 0.2) is 0 Å². The van der Waals surface area contributed by atoms with Crippen molar-refractivity contribution in [2.45, 2.75) is 30.7 Å². The number of carboxylic acid groups (broad SMARTS) is 1. The molecule has 2 aliphatic heterocycles. The molecular formula is C29H27F2N3O4. The molecule has 1 fully saturated rings. The normalized spacial score (nSPS) is 19.8. The Morgan fingerprint density at radius 1 is 1.08 bits per heavy atom. The minimum absolute atomic E-state index is 0.0779. The molecule has 0 bridgehead atoms. The summed E-state index contributed by atoms with van der Waals surface area (Å²) in [6.07, 6.45) is 3.49. The first-order chi connectivity index (χ1) is 18.2. The summed E-state index contributed by atoms with van der Waals surface area (Å²) in [6.45, 7) is 1.52. The number of aldehydes is 1. The third-order valence-corrected chi connectivity index (χ3v) is 7.56. The Kier molecular flexibility index (Phi) is 6.71. The number of carbonyl (C=O) groups excluding carboxylic acids is 1. The number of phenols is 1. The zero-order chi connectivity index (χ0) is 27.0. The van der Waals surface area contributed by atoms with Crippen molar-refractivity contribution < 1.29 is 28.6 Å². The van der Waals surface area contributed by atoms with Gasteiger partial charge in [-0.15, -0.1) is 0 Å². The Morgan fingerprint density at radius 3 is 2.34 bits per heavy atom. The molecule has 7 nitrogen and oxygen atoms in total. The standard InChI is InChI=1S/C29H27F2N3O4/c30-21-2-1-3-22(31)26(21)29(14-23(32)28(37)38)16-33-27-24(36)9-8-20(25(27)29)18-4-6-19(7-5-18)34-12-10-17(15-35)11-13-34/h1-9,15-17,23,36H,10-14,32H2,(H,37,38)/t23-,29-/m0/s1. The van der Waals surface area contributed by atoms with Gasteiger partial charge in [-0.2, -0.15) is 0 Å². The Balaban J connectivity index is 1.63. The number of hydrogen-bond acceptors (Lipinski definition) is 6. The Labute approximate surface area is 218 Å². The molecule has 0 spiro atoms. The highest BCUT2D eigenvalue weighted by Crippen LogP contribution is 2.53. The lowest BCUT2D eigenvalue weighted by molar-refractivity contribution is -0.138. The third kappa shape index (κ3) is 4.32. The van der Waals surface area contributed by atoms with Crippen LogP contribution in [0, 0.1) is 17.6 Å². The Hall–Kier alpha value is -4.11. The van der Waals surface area contributed by atoms with Crippen LogP contribution in [0.3, 0.4) is 0 Å². The smallest absolute Gasteiger partial charge is 0.320 e. The number of phenolic OH excluding ortho intramolecular Hbond substituents is 1. The average Bonchev–Trinajstić information content (AvgIpc) is 3.29. The summed E-state index contributed by atoms with van der Waals surface area (Å²) < 4.78 is 30.5. The van der Waals surface area contributed by atoms with Crippen LogP contribution in [0.2, 0.25) is 0 Å². The van der Waals surface area contributed by atoms with Gasteiger partial charge in [0, 0.05) is 42.0 Å². The zero-order valence-electron chi connectivity index (χ0n) is 20.5. The van der Waals surface area contributed by atoms with E-state index in [2.05, 4.69) is 9.89 Å². The molecule has 0 aromatic heterocycles. The van der Waals surface area contributed by atoms with Crippen LogP contribution < -0.4 is 10.6 Å². The van der Waals surface area contributed by atoms with Crippen LogP contribution >= 0.6 is 0 Å². The molecule has 0 unspecified atom stereocenters. The number of benzene rings is 3. The van der Waals surface area contributed by atoms with Crippen molar-refractivity contribution in [2.24, 2.45) is 16.6 Å². The number of aliphatic carboxylic acids is 1. The number of piperidine rings is 1. The molecule has 38 heavy (non-hydrogen) atoms. The minimum Gasteiger partial charge on any atom is -0.506 e. The van der Waals surface area contributed by atoms with Crippen molar-refractivity contribution in [1.29, 1.82) is 0 Å². The lowest BCUT2D eigenvalue weighted by Gasteiger charge is -2.33. The van der Waals surface area contributed by atoms with Crippen molar-refractivity contribution in [2.75, 3.05) is 18.0 Å². The van der Waals surface area contributed by atoms with Gasteiger partial charge < -0.3 is 25.6 Å². The molecule has 0 saturated carbocycles. The van der Waals surface area contributed by atoms with Crippen LogP contribution in [0.4, 0.5) is 20.2 Å². The molecule has 196 valence electrons. The molecule has 0 aliphatic carbocycles. The highest BCUT2D eigenvalue weighted by molar-refractivity contribution is 5.97. The first-order valence-electron chi connectivity index (χ1n) is 12.4. The molecule has 2 aliphatic rings. The largest absolute Gasteiger partial charge is 0.506 e. The fraction of sp³-hybridized carbons (Fsp3) is 0.276. The first-order valence-corrected chi connectivity index (χ1v) is 12.4. The number of aromatic hydroxyl groups is 1. The summed E-state index contributed by atoms with van der Waals surface area (Å²) in [6, 6.07) is 12.6. The van der Waals surface area contributed by atoms with E-state index in [0.29, 0.717) is 11.1 Å². The Morgan fingerprint density at radius 2 is 1.74 bits per heavy atom. The molecule has 0 amide bonds. The van der Waals surface area contributed by atoms with Gasteiger partial charge in [-0.1, -0.05) is 24.3 Å². The van der Waals surface area contributed by atoms with E-state index >= 15 is 8.78 Å². The monoisotopic (exact) mass is 519 g/mol. The highest BCUT2D eigenvalue weighted by atomic mass is 19.1. The van der Waals surface area contributed by atoms with Gasteiger partial charge in [0.1, 0.15) is 35.4 Å². The number of nitrogens with two attached hydrogens (primary N) is 1. The average molecular weight is 520 g/mol. The van der Waals surface area contributed by atoms with E-state index in [9.17, 15) is 19.8 Å². The maximum Gasteiger partial charge on any atom is 0.320 e. The molecule has 3 aromatic rings. The van der Waals surface area contributed by atoms with Gasteiger partial charge >= 0.3 is 5.97 Å². The van der Waals surface area contributed by atoms with Gasteiger partial charge in [0.25, 0.3) is 0 Å². The summed E-state index contributed by atoms with van der Waals surface area (Å²) in [5.41, 5.74) is 6.50. The maximum atomic E-state index is 15.3. The molecule has 5 rings (SSSR count). The van der Waals surface area contributed by atoms with E-state index in [-0.39, 0.29) is 34.9 Å². The Bertz CT molecular complexity index is 1400. The van der Waals surface area contributed by atoms with Gasteiger partial charge in [-0.3, -0.25) is 9.79 Å². The van der Waals surface area contributed by atoms with Crippen molar-refractivity contribution in [3.8, 4) is 16.9 Å². The predicted octanol–water partition coefficient (Wildman–Crippen LogP) is 4.56. The molecule has 2 heterocycles. The summed E-state index contributed by atoms with van der Waals surface area (Å²) >= 11 is 0. The van der Waals surface area contributed by atoms with Gasteiger partial charge in [0.2, 0.25) is 0 Å². The minimum atomic E-state index is -1.67. The predicted molar refractivity (Wildman–Crippen MR) is 140 cm³/mol. The number of aliphatic imine (C=N–C) groups is 1. The van der Waals surface area contributed by atoms with E-state index in [4.69, 9.17) is 5.73 Å². The van der Waals surface area contributed by atoms with Crippen LogP contribution in [0.15, 0.2) is 59.6 Å². The fourth-order valence-electron chi connectivity index (χ4n) is 5.59. The number of nitrogens with zero attached hydrogens (tertiary/aromatic N) is 2. The van der Waals surface area contributed by atoms with Gasteiger partial charge in [-0.05, 0) is 60.7 Å². The number of rotatable bonds is 7. The van der Waals surface area contributed by atoms with Crippen LogP contribution in [0.1, 0.15) is 30.4 Å². The summed E-state index contributed by atoms with van der Waals surface area (Å²) in [4.78, 5) is 29.4. The van der Waals surface area contributed by atoms with Gasteiger partial charge in [-0.25, -0.2) is 8.78 Å². The quantitative estimate of drug-likeness (QED) is 0.394. The van der Waals surface area contributed by atoms with E-state index in [1.807, 2.05) is 24.3 Å². The number of hydrogen-bond donors (Lipinski definition) is 3. The highest BCUT2D eigenvalue weighted by Gasteiger charge is 2.47. The van der Waals surface area contributed by atoms with E-state index in [1.165, 1.54) is 18.3 Å². The third-order valence-electron chi connectivity index (χ3n) is 7.56. The van der Waals surface area contributed by atoms with Crippen LogP contribution in [-0.2, 0) is 15.0 Å². The second kappa shape index (κ2) is 9.98. The van der Waals surface area contributed by atoms with E-state index < -0.39 is 29.1 Å². The lowest BCUT2D eigenvalue weighted by atomic mass is 9.69. The van der Waals surface area contributed by atoms with E-state index in [1.54, 1.807) is 6.07 Å². The summed E-state index contributed by atoms with van der Waals surface area (Å²) in [7, 11) is 0. The summed E-state index contributed by atoms with van der Waals surface area (Å²) in [5.74, 6) is -3.19. The molecule has 4 N–H and O–H groups in total. The van der Waals surface area contributed by atoms with Crippen molar-refractivity contribution in [3.63, 3.8) is 0 Å². The van der Waals surface area contributed by atoms with E-state index in [0.717, 1.165) is 50.0 Å². The van der Waals surface area contributed by atoms with Crippen LogP contribution in [0.25, 0.3) is 11.1 Å². The molecule has 0 radical (unpaired) electrons. The van der Waals surface area contributed by atoms with Crippen molar-refractivity contribution in [3.05, 3.63) is 77.4 Å². The number of anilines is 1. The van der Waals surface area contributed by atoms with Crippen molar-refractivity contribution in [1.82, 2.24) is 0 Å². The molecule has 2 atom stereocenters. The fourth-order valence-corrected chi connectivity index (χ4v) is 5.59. The lowest BCUT2D eigenvalue weighted by Crippen LogP contribution is -2.41. The molecular weight excluding hydrogens is 492 g/mol. The van der Waals surface area contributed by atoms with Crippen LogP contribution in [-0.4, -0.2) is 47.8 Å². The van der Waals surface area contributed by atoms with Crippen LogP contribution in [0.5, 0.6) is 5.75 Å². The molecule has 1 saturated heterocycles. The van der Waals surface area contributed by atoms with Crippen molar-refractivity contribution >= 4 is 29.8 Å². The maximum absolute atomic E-state index is 15.3.